The molecule has 1 aromatic heterocycles. The molecular weight excluding hydrogens is 260 g/mol. The Kier molecular flexibility index (Phi) is 3.81. The summed E-state index contributed by atoms with van der Waals surface area (Å²) in [5.74, 6) is -0.215. The van der Waals surface area contributed by atoms with Crippen molar-refractivity contribution in [3.05, 3.63) is 16.0 Å². The first-order valence-corrected chi connectivity index (χ1v) is 7.41. The van der Waals surface area contributed by atoms with Gasteiger partial charge in [0.15, 0.2) is 0 Å². The zero-order valence-corrected chi connectivity index (χ0v) is 12.1. The van der Waals surface area contributed by atoms with Crippen molar-refractivity contribution >= 4 is 22.3 Å². The number of ether oxygens (including phenoxy) is 1. The molecule has 0 aliphatic heterocycles. The first-order valence-electron chi connectivity index (χ1n) is 6.59. The lowest BCUT2D eigenvalue weighted by Gasteiger charge is -2.34. The molecule has 1 aromatic rings. The molecule has 0 saturated carbocycles. The van der Waals surface area contributed by atoms with E-state index in [1.807, 2.05) is 6.92 Å². The van der Waals surface area contributed by atoms with Crippen molar-refractivity contribution in [2.45, 2.75) is 44.9 Å². The molecule has 1 aliphatic rings. The molecule has 102 valence electrons. The number of fused-ring (bicyclic) bond motifs is 1. The van der Waals surface area contributed by atoms with Gasteiger partial charge in [-0.15, -0.1) is 11.3 Å². The van der Waals surface area contributed by atoms with Gasteiger partial charge in [0.2, 0.25) is 0 Å². The molecule has 2 rings (SSSR count). The van der Waals surface area contributed by atoms with E-state index in [4.69, 9.17) is 10.5 Å². The molecule has 4 nitrogen and oxygen atoms in total. The van der Waals surface area contributed by atoms with Crippen molar-refractivity contribution in [1.29, 1.82) is 5.26 Å². The summed E-state index contributed by atoms with van der Waals surface area (Å²) < 4.78 is 5.26. The molecule has 19 heavy (non-hydrogen) atoms. The highest BCUT2D eigenvalue weighted by Gasteiger charge is 2.46. The van der Waals surface area contributed by atoms with E-state index in [9.17, 15) is 10.1 Å². The fraction of sp³-hybridized carbons (Fsp3) is 0.571. The van der Waals surface area contributed by atoms with Crippen molar-refractivity contribution in [1.82, 2.24) is 0 Å². The number of nitrogen functional groups attached to an aromatic ring is 1. The third-order valence-electron chi connectivity index (χ3n) is 3.88. The Morgan fingerprint density at radius 3 is 2.89 bits per heavy atom. The highest BCUT2D eigenvalue weighted by atomic mass is 32.1. The van der Waals surface area contributed by atoms with Crippen LogP contribution < -0.4 is 5.73 Å². The highest BCUT2D eigenvalue weighted by Crippen LogP contribution is 2.47. The minimum Gasteiger partial charge on any atom is -0.465 e. The number of hydrogen-bond donors (Lipinski definition) is 1. The number of nitriles is 1. The number of hydrogen-bond acceptors (Lipinski definition) is 5. The number of nitrogens with two attached hydrogens (primary N) is 1. The van der Waals surface area contributed by atoms with Crippen molar-refractivity contribution in [2.75, 3.05) is 12.3 Å². The first kappa shape index (κ1) is 13.9. The Balaban J connectivity index is 2.62. The molecule has 0 fully saturated rings. The topological polar surface area (TPSA) is 76.1 Å². The average molecular weight is 278 g/mol. The minimum atomic E-state index is -0.678. The van der Waals surface area contributed by atoms with Gasteiger partial charge in [-0.05, 0) is 32.6 Å². The Morgan fingerprint density at radius 2 is 2.32 bits per heavy atom. The number of rotatable bonds is 3. The van der Waals surface area contributed by atoms with Crippen LogP contribution in [-0.4, -0.2) is 12.6 Å². The first-order chi connectivity index (χ1) is 9.10. The predicted octanol–water partition coefficient (Wildman–Crippen LogP) is 2.75. The van der Waals surface area contributed by atoms with Gasteiger partial charge in [0.05, 0.1) is 17.6 Å². The van der Waals surface area contributed by atoms with Crippen LogP contribution >= 0.6 is 11.3 Å². The summed E-state index contributed by atoms with van der Waals surface area (Å²) in [6.45, 7) is 4.14. The van der Waals surface area contributed by atoms with Crippen LogP contribution in [0.25, 0.3) is 0 Å². The summed E-state index contributed by atoms with van der Waals surface area (Å²) in [5, 5.41) is 9.85. The van der Waals surface area contributed by atoms with Gasteiger partial charge in [-0.25, -0.2) is 0 Å². The molecular formula is C14H18N2O2S. The van der Waals surface area contributed by atoms with Crippen molar-refractivity contribution < 1.29 is 9.53 Å². The standard InChI is InChI=1S/C14H18N2O2S/c1-3-14(13(17)18-4-2)7-5-6-10-11(14)9(8-15)12(16)19-10/h3-7,16H2,1-2H3/t14-/m0/s1. The number of carbonyl (C=O) groups is 1. The minimum absolute atomic E-state index is 0.215. The molecule has 5 heteroatoms. The highest BCUT2D eigenvalue weighted by molar-refractivity contribution is 7.16. The number of esters is 1. The maximum atomic E-state index is 12.4. The second-order valence-corrected chi connectivity index (χ2v) is 5.90. The zero-order valence-electron chi connectivity index (χ0n) is 11.3. The Hall–Kier alpha value is -1.54. The summed E-state index contributed by atoms with van der Waals surface area (Å²) in [6.07, 6.45) is 3.21. The van der Waals surface area contributed by atoms with E-state index in [2.05, 4.69) is 6.07 Å². The van der Waals surface area contributed by atoms with Crippen LogP contribution in [0.15, 0.2) is 0 Å². The van der Waals surface area contributed by atoms with E-state index >= 15 is 0 Å². The van der Waals surface area contributed by atoms with Crippen LogP contribution in [0.3, 0.4) is 0 Å². The second-order valence-electron chi connectivity index (χ2n) is 4.76. The number of aryl methyl sites for hydroxylation is 1. The average Bonchev–Trinajstić information content (AvgIpc) is 2.74. The molecule has 1 aliphatic carbocycles. The van der Waals surface area contributed by atoms with Crippen molar-refractivity contribution in [2.24, 2.45) is 0 Å². The maximum Gasteiger partial charge on any atom is 0.316 e. The number of anilines is 1. The van der Waals surface area contributed by atoms with E-state index in [-0.39, 0.29) is 5.97 Å². The third kappa shape index (κ3) is 2.00. The number of thiophene rings is 1. The SMILES string of the molecule is CCOC(=O)[C@@]1(CC)CCCc2sc(N)c(C#N)c21. The molecule has 0 bridgehead atoms. The van der Waals surface area contributed by atoms with Crippen LogP contribution in [0.1, 0.15) is 49.1 Å². The molecule has 1 heterocycles. The van der Waals surface area contributed by atoms with E-state index in [1.165, 1.54) is 11.3 Å². The maximum absolute atomic E-state index is 12.4. The molecule has 0 radical (unpaired) electrons. The Labute approximate surface area is 117 Å². The third-order valence-corrected chi connectivity index (χ3v) is 4.95. The van der Waals surface area contributed by atoms with Crippen LogP contribution in [-0.2, 0) is 21.4 Å². The van der Waals surface area contributed by atoms with Crippen LogP contribution in [0.5, 0.6) is 0 Å². The quantitative estimate of drug-likeness (QED) is 0.862. The van der Waals surface area contributed by atoms with Gasteiger partial charge in [-0.2, -0.15) is 5.26 Å². The van der Waals surface area contributed by atoms with E-state index in [0.29, 0.717) is 23.6 Å². The van der Waals surface area contributed by atoms with Gasteiger partial charge in [-0.1, -0.05) is 6.92 Å². The molecule has 2 N–H and O–H groups in total. The summed E-state index contributed by atoms with van der Waals surface area (Å²) in [4.78, 5) is 13.5. The Morgan fingerprint density at radius 1 is 1.58 bits per heavy atom. The number of nitrogens with zero attached hydrogens (tertiary/aromatic N) is 1. The van der Waals surface area contributed by atoms with Gasteiger partial charge in [0, 0.05) is 10.4 Å². The van der Waals surface area contributed by atoms with Crippen LogP contribution in [0, 0.1) is 11.3 Å². The van der Waals surface area contributed by atoms with Crippen LogP contribution in [0.4, 0.5) is 5.00 Å². The van der Waals surface area contributed by atoms with Gasteiger partial charge in [0.25, 0.3) is 0 Å². The lowest BCUT2D eigenvalue weighted by Crippen LogP contribution is -2.40. The number of carbonyl (C=O) groups excluding carboxylic acids is 1. The van der Waals surface area contributed by atoms with Crippen molar-refractivity contribution in [3.8, 4) is 6.07 Å². The molecule has 0 spiro atoms. The predicted molar refractivity (Wildman–Crippen MR) is 75.0 cm³/mol. The second kappa shape index (κ2) is 5.22. The largest absolute Gasteiger partial charge is 0.465 e. The Bertz CT molecular complexity index is 544. The zero-order chi connectivity index (χ0) is 14.0. The fourth-order valence-electron chi connectivity index (χ4n) is 2.94. The summed E-state index contributed by atoms with van der Waals surface area (Å²) in [5.41, 5.74) is 6.57. The normalized spacial score (nSPS) is 21.5. The van der Waals surface area contributed by atoms with Gasteiger partial charge < -0.3 is 10.5 Å². The smallest absolute Gasteiger partial charge is 0.316 e. The summed E-state index contributed by atoms with van der Waals surface area (Å²) in [6, 6.07) is 2.17. The molecule has 0 aromatic carbocycles. The summed E-state index contributed by atoms with van der Waals surface area (Å²) in [7, 11) is 0. The van der Waals surface area contributed by atoms with Gasteiger partial charge in [-0.3, -0.25) is 4.79 Å². The van der Waals surface area contributed by atoms with E-state index in [0.717, 1.165) is 29.7 Å². The lowest BCUT2D eigenvalue weighted by molar-refractivity contribution is -0.151. The van der Waals surface area contributed by atoms with Crippen molar-refractivity contribution in [3.63, 3.8) is 0 Å². The molecule has 0 amide bonds. The lowest BCUT2D eigenvalue weighted by atomic mass is 9.69. The van der Waals surface area contributed by atoms with E-state index < -0.39 is 5.41 Å². The molecule has 1 atom stereocenters. The fourth-order valence-corrected chi connectivity index (χ4v) is 4.10. The monoisotopic (exact) mass is 278 g/mol. The molecule has 0 saturated heterocycles. The molecule has 0 unspecified atom stereocenters. The van der Waals surface area contributed by atoms with E-state index in [1.54, 1.807) is 6.92 Å². The van der Waals surface area contributed by atoms with Gasteiger partial charge >= 0.3 is 5.97 Å². The summed E-state index contributed by atoms with van der Waals surface area (Å²) >= 11 is 1.44. The van der Waals surface area contributed by atoms with Gasteiger partial charge in [0.1, 0.15) is 11.1 Å². The van der Waals surface area contributed by atoms with Crippen LogP contribution in [0.2, 0.25) is 0 Å².